The Bertz CT molecular complexity index is 373. The van der Waals surface area contributed by atoms with Crippen LogP contribution < -0.4 is 10.6 Å². The first kappa shape index (κ1) is 13.0. The van der Waals surface area contributed by atoms with Crippen molar-refractivity contribution in [1.29, 1.82) is 0 Å². The van der Waals surface area contributed by atoms with Gasteiger partial charge in [-0.1, -0.05) is 0 Å². The summed E-state index contributed by atoms with van der Waals surface area (Å²) >= 11 is 0. The first-order valence-electron chi connectivity index (χ1n) is 6.37. The molecule has 1 unspecified atom stereocenters. The van der Waals surface area contributed by atoms with Gasteiger partial charge >= 0.3 is 0 Å². The summed E-state index contributed by atoms with van der Waals surface area (Å²) in [6.45, 7) is 3.87. The van der Waals surface area contributed by atoms with Crippen LogP contribution in [0.25, 0.3) is 0 Å². The number of aliphatic hydroxyl groups is 1. The molecule has 0 spiro atoms. The monoisotopic (exact) mass is 251 g/mol. The van der Waals surface area contributed by atoms with Crippen LogP contribution in [0.3, 0.4) is 0 Å². The summed E-state index contributed by atoms with van der Waals surface area (Å²) in [5.41, 5.74) is 0. The van der Waals surface area contributed by atoms with E-state index in [-0.39, 0.29) is 6.61 Å². The molecule has 1 aromatic rings. The lowest BCUT2D eigenvalue weighted by atomic mass is 10.1. The van der Waals surface area contributed by atoms with E-state index in [0.29, 0.717) is 12.5 Å². The summed E-state index contributed by atoms with van der Waals surface area (Å²) in [6.07, 6.45) is 2.77. The van der Waals surface area contributed by atoms with E-state index in [0.717, 1.165) is 24.7 Å². The van der Waals surface area contributed by atoms with Gasteiger partial charge in [-0.15, -0.1) is 0 Å². The van der Waals surface area contributed by atoms with E-state index in [1.807, 2.05) is 6.07 Å². The van der Waals surface area contributed by atoms with Crippen LogP contribution in [0.5, 0.6) is 0 Å². The number of anilines is 2. The maximum absolute atomic E-state index is 8.74. The van der Waals surface area contributed by atoms with Gasteiger partial charge in [0.1, 0.15) is 18.0 Å². The molecule has 1 saturated heterocycles. The number of aliphatic hydroxyl groups excluding tert-OH is 1. The molecule has 0 radical (unpaired) electrons. The number of likely N-dealkylation sites (tertiary alicyclic amines) is 1. The van der Waals surface area contributed by atoms with Gasteiger partial charge in [0.25, 0.3) is 0 Å². The van der Waals surface area contributed by atoms with Gasteiger partial charge in [-0.25, -0.2) is 9.97 Å². The third-order valence-electron chi connectivity index (χ3n) is 3.15. The van der Waals surface area contributed by atoms with Gasteiger partial charge in [-0.3, -0.25) is 0 Å². The molecule has 2 heterocycles. The average molecular weight is 251 g/mol. The normalized spacial score (nSPS) is 20.0. The predicted molar refractivity (Wildman–Crippen MR) is 71.7 cm³/mol. The van der Waals surface area contributed by atoms with Crippen LogP contribution in [-0.2, 0) is 0 Å². The molecule has 1 atom stereocenters. The van der Waals surface area contributed by atoms with Crippen molar-refractivity contribution in [2.45, 2.75) is 6.42 Å². The summed E-state index contributed by atoms with van der Waals surface area (Å²) in [6, 6.07) is 1.87. The third-order valence-corrected chi connectivity index (χ3v) is 3.15. The minimum absolute atomic E-state index is 0.0984. The molecule has 1 fully saturated rings. The van der Waals surface area contributed by atoms with Crippen LogP contribution in [0, 0.1) is 5.92 Å². The van der Waals surface area contributed by atoms with Crippen LogP contribution in [0.1, 0.15) is 6.42 Å². The van der Waals surface area contributed by atoms with Gasteiger partial charge in [0, 0.05) is 25.7 Å². The summed E-state index contributed by atoms with van der Waals surface area (Å²) in [4.78, 5) is 10.6. The number of rotatable bonds is 6. The first-order valence-corrected chi connectivity index (χ1v) is 6.37. The number of hydrogen-bond donors (Lipinski definition) is 3. The molecule has 0 aromatic carbocycles. The molecule has 100 valence electrons. The molecule has 18 heavy (non-hydrogen) atoms. The Balaban J connectivity index is 1.81. The molecule has 6 heteroatoms. The second kappa shape index (κ2) is 6.51. The molecular weight excluding hydrogens is 230 g/mol. The quantitative estimate of drug-likeness (QED) is 0.673. The standard InChI is InChI=1S/C12H21N5O/c1-17-4-2-10(8-17)7-14-12-6-11(13-3-5-18)15-9-16-12/h6,9-10,18H,2-5,7-8H2,1H3,(H2,13,14,15,16). The SMILES string of the molecule is CN1CCC(CNc2cc(NCCO)ncn2)C1. The zero-order valence-corrected chi connectivity index (χ0v) is 10.8. The summed E-state index contributed by atoms with van der Waals surface area (Å²) in [5, 5.41) is 15.1. The molecule has 6 nitrogen and oxygen atoms in total. The second-order valence-electron chi connectivity index (χ2n) is 4.74. The van der Waals surface area contributed by atoms with E-state index < -0.39 is 0 Å². The highest BCUT2D eigenvalue weighted by Crippen LogP contribution is 2.15. The fourth-order valence-corrected chi connectivity index (χ4v) is 2.18. The Morgan fingerprint density at radius 1 is 1.39 bits per heavy atom. The molecule has 1 aromatic heterocycles. The van der Waals surface area contributed by atoms with E-state index in [2.05, 4.69) is 32.5 Å². The van der Waals surface area contributed by atoms with Crippen molar-refractivity contribution < 1.29 is 5.11 Å². The molecule has 0 amide bonds. The van der Waals surface area contributed by atoms with Gasteiger partial charge in [0.2, 0.25) is 0 Å². The molecule has 1 aliphatic rings. The molecule has 2 rings (SSSR count). The third kappa shape index (κ3) is 3.82. The smallest absolute Gasteiger partial charge is 0.131 e. The van der Waals surface area contributed by atoms with Crippen LogP contribution in [0.15, 0.2) is 12.4 Å². The second-order valence-corrected chi connectivity index (χ2v) is 4.74. The highest BCUT2D eigenvalue weighted by Gasteiger charge is 2.18. The van der Waals surface area contributed by atoms with Gasteiger partial charge < -0.3 is 20.6 Å². The van der Waals surface area contributed by atoms with Crippen molar-refractivity contribution >= 4 is 11.6 Å². The highest BCUT2D eigenvalue weighted by atomic mass is 16.3. The minimum atomic E-state index is 0.0984. The maximum atomic E-state index is 8.74. The summed E-state index contributed by atoms with van der Waals surface area (Å²) in [5.74, 6) is 2.27. The summed E-state index contributed by atoms with van der Waals surface area (Å²) < 4.78 is 0. The Hall–Kier alpha value is -1.40. The average Bonchev–Trinajstić information content (AvgIpc) is 2.80. The van der Waals surface area contributed by atoms with Crippen molar-refractivity contribution in [2.24, 2.45) is 5.92 Å². The molecule has 0 saturated carbocycles. The zero-order chi connectivity index (χ0) is 12.8. The van der Waals surface area contributed by atoms with E-state index in [4.69, 9.17) is 5.11 Å². The molecule has 0 aliphatic carbocycles. The Labute approximate surface area is 107 Å². The van der Waals surface area contributed by atoms with Crippen LogP contribution in [0.2, 0.25) is 0 Å². The fraction of sp³-hybridized carbons (Fsp3) is 0.667. The van der Waals surface area contributed by atoms with Crippen LogP contribution >= 0.6 is 0 Å². The Kier molecular flexibility index (Phi) is 4.72. The lowest BCUT2D eigenvalue weighted by Crippen LogP contribution is -2.19. The Morgan fingerprint density at radius 2 is 2.17 bits per heavy atom. The number of aromatic nitrogens is 2. The number of nitrogens with one attached hydrogen (secondary N) is 2. The van der Waals surface area contributed by atoms with E-state index in [1.165, 1.54) is 19.3 Å². The summed E-state index contributed by atoms with van der Waals surface area (Å²) in [7, 11) is 2.15. The lowest BCUT2D eigenvalue weighted by Gasteiger charge is -2.12. The van der Waals surface area contributed by atoms with Crippen molar-refractivity contribution in [2.75, 3.05) is 50.5 Å². The fourth-order valence-electron chi connectivity index (χ4n) is 2.18. The topological polar surface area (TPSA) is 73.3 Å². The Morgan fingerprint density at radius 3 is 2.83 bits per heavy atom. The van der Waals surface area contributed by atoms with Crippen molar-refractivity contribution in [3.05, 3.63) is 12.4 Å². The lowest BCUT2D eigenvalue weighted by molar-refractivity contribution is 0.311. The zero-order valence-electron chi connectivity index (χ0n) is 10.8. The molecule has 1 aliphatic heterocycles. The minimum Gasteiger partial charge on any atom is -0.395 e. The number of hydrogen-bond acceptors (Lipinski definition) is 6. The van der Waals surface area contributed by atoms with Crippen molar-refractivity contribution in [3.63, 3.8) is 0 Å². The number of nitrogens with zero attached hydrogens (tertiary/aromatic N) is 3. The van der Waals surface area contributed by atoms with E-state index in [9.17, 15) is 0 Å². The molecular formula is C12H21N5O. The first-order chi connectivity index (χ1) is 8.78. The van der Waals surface area contributed by atoms with E-state index in [1.54, 1.807) is 0 Å². The van der Waals surface area contributed by atoms with Crippen molar-refractivity contribution in [3.8, 4) is 0 Å². The predicted octanol–water partition coefficient (Wildman–Crippen LogP) is 0.244. The van der Waals surface area contributed by atoms with Crippen LogP contribution in [0.4, 0.5) is 11.6 Å². The van der Waals surface area contributed by atoms with Gasteiger partial charge in [0.15, 0.2) is 0 Å². The van der Waals surface area contributed by atoms with Gasteiger partial charge in [-0.2, -0.15) is 0 Å². The highest BCUT2D eigenvalue weighted by molar-refractivity contribution is 5.46. The van der Waals surface area contributed by atoms with Crippen LogP contribution in [-0.4, -0.2) is 59.8 Å². The van der Waals surface area contributed by atoms with Gasteiger partial charge in [0.05, 0.1) is 6.61 Å². The molecule has 0 bridgehead atoms. The largest absolute Gasteiger partial charge is 0.395 e. The van der Waals surface area contributed by atoms with Gasteiger partial charge in [-0.05, 0) is 25.9 Å². The van der Waals surface area contributed by atoms with E-state index >= 15 is 0 Å². The maximum Gasteiger partial charge on any atom is 0.131 e. The van der Waals surface area contributed by atoms with Crippen molar-refractivity contribution in [1.82, 2.24) is 14.9 Å². The molecule has 3 N–H and O–H groups in total.